The van der Waals surface area contributed by atoms with Gasteiger partial charge in [-0.25, -0.2) is 0 Å². The van der Waals surface area contributed by atoms with Crippen molar-refractivity contribution in [3.63, 3.8) is 0 Å². The van der Waals surface area contributed by atoms with E-state index < -0.39 is 5.60 Å². The first-order chi connectivity index (χ1) is 8.90. The van der Waals surface area contributed by atoms with E-state index in [1.165, 1.54) is 5.69 Å². The predicted octanol–water partition coefficient (Wildman–Crippen LogP) is 1.68. The van der Waals surface area contributed by atoms with Crippen molar-refractivity contribution in [1.82, 2.24) is 9.88 Å². The van der Waals surface area contributed by atoms with Gasteiger partial charge in [0, 0.05) is 50.5 Å². The van der Waals surface area contributed by atoms with Crippen LogP contribution >= 0.6 is 0 Å². The second kappa shape index (κ2) is 5.27. The van der Waals surface area contributed by atoms with Gasteiger partial charge in [0.2, 0.25) is 0 Å². The Morgan fingerprint density at radius 2 is 2.26 bits per heavy atom. The van der Waals surface area contributed by atoms with Crippen molar-refractivity contribution >= 4 is 0 Å². The molecule has 0 radical (unpaired) electrons. The zero-order valence-corrected chi connectivity index (χ0v) is 12.4. The first-order valence-corrected chi connectivity index (χ1v) is 7.05. The normalized spacial score (nSPS) is 29.2. The maximum atomic E-state index is 10.7. The van der Waals surface area contributed by atoms with Gasteiger partial charge in [-0.15, -0.1) is 0 Å². The number of hydrogen-bond donors (Lipinski definition) is 2. The minimum atomic E-state index is -0.669. The number of ether oxygens (including phenoxy) is 1. The summed E-state index contributed by atoms with van der Waals surface area (Å²) in [6, 6.07) is 4.12. The van der Waals surface area contributed by atoms with Crippen molar-refractivity contribution < 1.29 is 9.84 Å². The number of aromatic nitrogens is 1. The summed E-state index contributed by atoms with van der Waals surface area (Å²) in [6.07, 6.45) is 2.91. The van der Waals surface area contributed by atoms with E-state index in [-0.39, 0.29) is 11.5 Å². The average molecular weight is 266 g/mol. The number of nitrogens with zero attached hydrogens (tertiary/aromatic N) is 1. The molecule has 2 atom stereocenters. The fourth-order valence-electron chi connectivity index (χ4n) is 2.84. The molecule has 108 valence electrons. The number of hydrogen-bond acceptors (Lipinski definition) is 3. The number of rotatable bonds is 6. The molecule has 2 rings (SSSR count). The molecule has 1 aliphatic rings. The molecule has 0 amide bonds. The molecule has 1 heterocycles. The number of nitrogens with one attached hydrogen (secondary N) is 1. The lowest BCUT2D eigenvalue weighted by molar-refractivity contribution is -0.238. The molecule has 0 aromatic carbocycles. The van der Waals surface area contributed by atoms with Gasteiger partial charge in [0.05, 0.1) is 11.7 Å². The largest absolute Gasteiger partial charge is 0.388 e. The van der Waals surface area contributed by atoms with Crippen LogP contribution in [0, 0.1) is 5.41 Å². The van der Waals surface area contributed by atoms with E-state index in [9.17, 15) is 5.11 Å². The zero-order valence-electron chi connectivity index (χ0n) is 12.4. The highest BCUT2D eigenvalue weighted by Crippen LogP contribution is 2.50. The van der Waals surface area contributed by atoms with Gasteiger partial charge in [0.15, 0.2) is 0 Å². The quantitative estimate of drug-likeness (QED) is 0.823. The minimum absolute atomic E-state index is 0.166. The SMILES string of the molecule is CCO[C@@H]1C[C@](O)(CNCc2cccn2C)C1(C)C. The third kappa shape index (κ3) is 2.57. The fourth-order valence-corrected chi connectivity index (χ4v) is 2.84. The minimum Gasteiger partial charge on any atom is -0.388 e. The monoisotopic (exact) mass is 266 g/mol. The highest BCUT2D eigenvalue weighted by molar-refractivity contribution is 5.12. The summed E-state index contributed by atoms with van der Waals surface area (Å²) in [7, 11) is 2.03. The molecule has 4 heteroatoms. The van der Waals surface area contributed by atoms with Gasteiger partial charge in [-0.3, -0.25) is 0 Å². The average Bonchev–Trinajstić information content (AvgIpc) is 2.75. The summed E-state index contributed by atoms with van der Waals surface area (Å²) >= 11 is 0. The molecule has 1 saturated carbocycles. The molecule has 0 aliphatic heterocycles. The van der Waals surface area contributed by atoms with Gasteiger partial charge >= 0.3 is 0 Å². The van der Waals surface area contributed by atoms with Crippen LogP contribution in [-0.2, 0) is 18.3 Å². The Labute approximate surface area is 115 Å². The summed E-state index contributed by atoms with van der Waals surface area (Å²) in [5.74, 6) is 0. The molecule has 1 aromatic heterocycles. The van der Waals surface area contributed by atoms with Gasteiger partial charge in [-0.05, 0) is 19.1 Å². The lowest BCUT2D eigenvalue weighted by Crippen LogP contribution is -2.68. The maximum absolute atomic E-state index is 10.7. The van der Waals surface area contributed by atoms with Crippen LogP contribution < -0.4 is 5.32 Å². The first-order valence-electron chi connectivity index (χ1n) is 7.05. The van der Waals surface area contributed by atoms with Crippen LogP contribution in [0.5, 0.6) is 0 Å². The molecule has 4 nitrogen and oxygen atoms in total. The Bertz CT molecular complexity index is 428. The lowest BCUT2D eigenvalue weighted by Gasteiger charge is -2.58. The molecule has 0 saturated heterocycles. The van der Waals surface area contributed by atoms with Crippen molar-refractivity contribution in [1.29, 1.82) is 0 Å². The molecule has 1 aromatic rings. The molecular weight excluding hydrogens is 240 g/mol. The Hall–Kier alpha value is -0.840. The summed E-state index contributed by atoms with van der Waals surface area (Å²) in [6.45, 7) is 8.26. The fraction of sp³-hybridized carbons (Fsp3) is 0.733. The molecule has 19 heavy (non-hydrogen) atoms. The van der Waals surface area contributed by atoms with Crippen LogP contribution in [0.4, 0.5) is 0 Å². The summed E-state index contributed by atoms with van der Waals surface area (Å²) in [4.78, 5) is 0. The van der Waals surface area contributed by atoms with E-state index in [1.807, 2.05) is 26.2 Å². The Balaban J connectivity index is 1.85. The second-order valence-electron chi connectivity index (χ2n) is 6.12. The topological polar surface area (TPSA) is 46.4 Å². The van der Waals surface area contributed by atoms with Crippen LogP contribution in [0.3, 0.4) is 0 Å². The molecule has 0 bridgehead atoms. The Morgan fingerprint density at radius 3 is 2.79 bits per heavy atom. The van der Waals surface area contributed by atoms with Crippen molar-refractivity contribution in [2.24, 2.45) is 12.5 Å². The zero-order chi connectivity index (χ0) is 14.1. The molecule has 1 fully saturated rings. The summed E-state index contributed by atoms with van der Waals surface area (Å²) in [5, 5.41) is 14.0. The third-order valence-electron chi connectivity index (χ3n) is 4.67. The highest BCUT2D eigenvalue weighted by atomic mass is 16.5. The number of aliphatic hydroxyl groups is 1. The van der Waals surface area contributed by atoms with Gasteiger partial charge in [-0.1, -0.05) is 13.8 Å². The van der Waals surface area contributed by atoms with Crippen molar-refractivity contribution in [3.05, 3.63) is 24.0 Å². The molecule has 0 spiro atoms. The lowest BCUT2D eigenvalue weighted by atomic mass is 9.56. The van der Waals surface area contributed by atoms with E-state index >= 15 is 0 Å². The third-order valence-corrected chi connectivity index (χ3v) is 4.67. The van der Waals surface area contributed by atoms with Crippen molar-refractivity contribution in [2.45, 2.75) is 45.4 Å². The molecule has 2 N–H and O–H groups in total. The van der Waals surface area contributed by atoms with E-state index in [0.717, 1.165) is 6.54 Å². The standard InChI is InChI=1S/C15H26N2O2/c1-5-19-13-9-15(18,14(13,2)3)11-16-10-12-7-6-8-17(12)4/h6-8,13,16,18H,5,9-11H2,1-4H3/t13-,15+/m1/s1. The van der Waals surface area contributed by atoms with Gasteiger partial charge in [-0.2, -0.15) is 0 Å². The van der Waals surface area contributed by atoms with Crippen LogP contribution in [0.15, 0.2) is 18.3 Å². The van der Waals surface area contributed by atoms with Crippen LogP contribution in [0.2, 0.25) is 0 Å². The summed E-state index contributed by atoms with van der Waals surface area (Å²) < 4.78 is 7.76. The first kappa shape index (κ1) is 14.6. The van der Waals surface area contributed by atoms with E-state index in [4.69, 9.17) is 4.74 Å². The van der Waals surface area contributed by atoms with E-state index in [0.29, 0.717) is 19.6 Å². The Kier molecular flexibility index (Phi) is 4.04. The summed E-state index contributed by atoms with van der Waals surface area (Å²) in [5.41, 5.74) is 0.365. The molecule has 0 unspecified atom stereocenters. The maximum Gasteiger partial charge on any atom is 0.0871 e. The van der Waals surface area contributed by atoms with E-state index in [1.54, 1.807) is 0 Å². The molecule has 1 aliphatic carbocycles. The number of aryl methyl sites for hydroxylation is 1. The van der Waals surface area contributed by atoms with Gasteiger partial charge in [0.25, 0.3) is 0 Å². The van der Waals surface area contributed by atoms with Crippen LogP contribution in [-0.4, -0.2) is 34.5 Å². The second-order valence-corrected chi connectivity index (χ2v) is 6.12. The van der Waals surface area contributed by atoms with Crippen molar-refractivity contribution in [3.8, 4) is 0 Å². The van der Waals surface area contributed by atoms with Crippen LogP contribution in [0.1, 0.15) is 32.9 Å². The smallest absolute Gasteiger partial charge is 0.0871 e. The van der Waals surface area contributed by atoms with E-state index in [2.05, 4.69) is 29.8 Å². The predicted molar refractivity (Wildman–Crippen MR) is 75.9 cm³/mol. The van der Waals surface area contributed by atoms with Gasteiger partial charge < -0.3 is 19.7 Å². The van der Waals surface area contributed by atoms with Crippen LogP contribution in [0.25, 0.3) is 0 Å². The van der Waals surface area contributed by atoms with Crippen molar-refractivity contribution in [2.75, 3.05) is 13.2 Å². The Morgan fingerprint density at radius 1 is 1.53 bits per heavy atom. The van der Waals surface area contributed by atoms with Gasteiger partial charge in [0.1, 0.15) is 0 Å². The molecular formula is C15H26N2O2. The highest BCUT2D eigenvalue weighted by Gasteiger charge is 2.59.